The molecule has 0 atom stereocenters. The summed E-state index contributed by atoms with van der Waals surface area (Å²) < 4.78 is 1.60. The van der Waals surface area contributed by atoms with Gasteiger partial charge in [-0.2, -0.15) is 0 Å². The first-order chi connectivity index (χ1) is 6.54. The molecule has 1 aromatic heterocycles. The molecule has 0 aliphatic rings. The van der Waals surface area contributed by atoms with Gasteiger partial charge in [0.1, 0.15) is 6.20 Å². The van der Waals surface area contributed by atoms with Gasteiger partial charge >= 0.3 is 5.82 Å². The molecule has 0 unspecified atom stereocenters. The van der Waals surface area contributed by atoms with Crippen LogP contribution in [0.5, 0.6) is 0 Å². The highest BCUT2D eigenvalue weighted by molar-refractivity contribution is 5.19. The van der Waals surface area contributed by atoms with Crippen molar-refractivity contribution in [3.63, 3.8) is 0 Å². The average molecular weight is 199 g/mol. The second kappa shape index (κ2) is 5.36. The molecule has 1 rings (SSSR count). The van der Waals surface area contributed by atoms with E-state index in [1.807, 2.05) is 27.7 Å². The van der Waals surface area contributed by atoms with Gasteiger partial charge in [-0.15, -0.1) is 0 Å². The molecule has 1 aromatic rings. The molecule has 0 N–H and O–H groups in total. The Balaban J connectivity index is 0.000000791. The molecule has 0 spiro atoms. The molecule has 0 fully saturated rings. The molecule has 80 valence electrons. The van der Waals surface area contributed by atoms with Gasteiger partial charge in [-0.25, -0.2) is 9.55 Å². The lowest BCUT2D eigenvalue weighted by Gasteiger charge is -2.04. The largest absolute Gasteiger partial charge is 0.358 e. The Hall–Kier alpha value is -1.39. The maximum Gasteiger partial charge on any atom is 0.343 e. The number of imidazole rings is 1. The Bertz CT molecular complexity index is 305. The van der Waals surface area contributed by atoms with Crippen molar-refractivity contribution in [2.24, 2.45) is 0 Å². The number of hydrogen-bond acceptors (Lipinski definition) is 3. The van der Waals surface area contributed by atoms with Crippen LogP contribution < -0.4 is 0 Å². The summed E-state index contributed by atoms with van der Waals surface area (Å²) in [6, 6.07) is 0.0768. The minimum atomic E-state index is -0.417. The van der Waals surface area contributed by atoms with Crippen LogP contribution in [0.25, 0.3) is 0 Å². The van der Waals surface area contributed by atoms with Gasteiger partial charge in [-0.3, -0.25) is 0 Å². The number of rotatable bonds is 2. The van der Waals surface area contributed by atoms with E-state index < -0.39 is 4.92 Å². The Morgan fingerprint density at radius 2 is 2.00 bits per heavy atom. The predicted octanol–water partition coefficient (Wildman–Crippen LogP) is 2.71. The van der Waals surface area contributed by atoms with Crippen LogP contribution in [0.2, 0.25) is 0 Å². The van der Waals surface area contributed by atoms with Crippen molar-refractivity contribution in [2.75, 3.05) is 0 Å². The minimum Gasteiger partial charge on any atom is -0.358 e. The lowest BCUT2D eigenvalue weighted by atomic mass is 10.4. The molecule has 14 heavy (non-hydrogen) atoms. The van der Waals surface area contributed by atoms with Crippen molar-refractivity contribution in [1.29, 1.82) is 0 Å². The summed E-state index contributed by atoms with van der Waals surface area (Å²) in [5.41, 5.74) is 0. The zero-order valence-electron chi connectivity index (χ0n) is 9.31. The Morgan fingerprint density at radius 3 is 2.29 bits per heavy atom. The van der Waals surface area contributed by atoms with Crippen LogP contribution in [0.3, 0.4) is 0 Å². The van der Waals surface area contributed by atoms with Crippen molar-refractivity contribution in [3.8, 4) is 0 Å². The predicted molar refractivity (Wildman–Crippen MR) is 55.4 cm³/mol. The standard InChI is InChI=1S/C7H11N3O2.C2H6/c1-5(2)9-6(3)8-4-7(9)10(11)12;1-2/h4-5H,1-3H3;1-2H3. The fraction of sp³-hybridized carbons (Fsp3) is 0.667. The van der Waals surface area contributed by atoms with Crippen LogP contribution in [0.4, 0.5) is 5.82 Å². The van der Waals surface area contributed by atoms with Crippen LogP contribution in [-0.2, 0) is 0 Å². The highest BCUT2D eigenvalue weighted by Gasteiger charge is 2.19. The number of nitro groups is 1. The van der Waals surface area contributed by atoms with Gasteiger partial charge in [-0.05, 0) is 18.8 Å². The van der Waals surface area contributed by atoms with Gasteiger partial charge in [0.05, 0.1) is 6.04 Å². The smallest absolute Gasteiger partial charge is 0.343 e. The molecular formula is C9H17N3O2. The van der Waals surface area contributed by atoms with Crippen molar-refractivity contribution >= 4 is 5.82 Å². The van der Waals surface area contributed by atoms with Gasteiger partial charge in [0.2, 0.25) is 0 Å². The lowest BCUT2D eigenvalue weighted by Crippen LogP contribution is -2.06. The lowest BCUT2D eigenvalue weighted by molar-refractivity contribution is -0.392. The van der Waals surface area contributed by atoms with E-state index in [0.717, 1.165) is 0 Å². The third-order valence-electron chi connectivity index (χ3n) is 1.67. The maximum atomic E-state index is 10.5. The Labute approximate surface area is 83.9 Å². The van der Waals surface area contributed by atoms with Gasteiger partial charge in [0.25, 0.3) is 0 Å². The number of aryl methyl sites for hydroxylation is 1. The van der Waals surface area contributed by atoms with Crippen molar-refractivity contribution in [1.82, 2.24) is 9.55 Å². The topological polar surface area (TPSA) is 61.0 Å². The zero-order valence-corrected chi connectivity index (χ0v) is 9.31. The van der Waals surface area contributed by atoms with Crippen molar-refractivity contribution in [2.45, 2.75) is 40.7 Å². The van der Waals surface area contributed by atoms with E-state index in [9.17, 15) is 10.1 Å². The van der Waals surface area contributed by atoms with Crippen LogP contribution in [-0.4, -0.2) is 14.5 Å². The second-order valence-corrected chi connectivity index (χ2v) is 2.88. The average Bonchev–Trinajstić information content (AvgIpc) is 2.50. The van der Waals surface area contributed by atoms with Crippen LogP contribution >= 0.6 is 0 Å². The van der Waals surface area contributed by atoms with E-state index in [0.29, 0.717) is 5.82 Å². The summed E-state index contributed by atoms with van der Waals surface area (Å²) in [4.78, 5) is 13.9. The molecule has 0 saturated carbocycles. The third-order valence-corrected chi connectivity index (χ3v) is 1.67. The molecule has 0 amide bonds. The molecule has 5 heteroatoms. The van der Waals surface area contributed by atoms with Gasteiger partial charge in [0.15, 0.2) is 5.82 Å². The number of nitrogens with zero attached hydrogens (tertiary/aromatic N) is 3. The maximum absolute atomic E-state index is 10.5. The molecule has 0 aliphatic heterocycles. The first-order valence-electron chi connectivity index (χ1n) is 4.72. The van der Waals surface area contributed by atoms with E-state index >= 15 is 0 Å². The molecular weight excluding hydrogens is 182 g/mol. The second-order valence-electron chi connectivity index (χ2n) is 2.88. The minimum absolute atomic E-state index is 0.0579. The molecule has 0 saturated heterocycles. The zero-order chi connectivity index (χ0) is 11.3. The first kappa shape index (κ1) is 12.6. The highest BCUT2D eigenvalue weighted by Crippen LogP contribution is 2.18. The Morgan fingerprint density at radius 1 is 1.50 bits per heavy atom. The summed E-state index contributed by atoms with van der Waals surface area (Å²) in [6.07, 6.45) is 1.29. The first-order valence-corrected chi connectivity index (χ1v) is 4.72. The van der Waals surface area contributed by atoms with E-state index in [1.54, 1.807) is 11.5 Å². The number of aromatic nitrogens is 2. The van der Waals surface area contributed by atoms with Crippen LogP contribution in [0.1, 0.15) is 39.6 Å². The molecule has 0 aromatic carbocycles. The molecule has 5 nitrogen and oxygen atoms in total. The van der Waals surface area contributed by atoms with Crippen LogP contribution in [0, 0.1) is 17.0 Å². The normalized spacial score (nSPS) is 9.57. The molecule has 0 bridgehead atoms. The monoisotopic (exact) mass is 199 g/mol. The molecule has 0 radical (unpaired) electrons. The van der Waals surface area contributed by atoms with E-state index in [-0.39, 0.29) is 11.9 Å². The fourth-order valence-electron chi connectivity index (χ4n) is 1.21. The summed E-state index contributed by atoms with van der Waals surface area (Å²) in [5, 5.41) is 10.5. The summed E-state index contributed by atoms with van der Waals surface area (Å²) in [7, 11) is 0. The van der Waals surface area contributed by atoms with Crippen molar-refractivity contribution < 1.29 is 4.92 Å². The fourth-order valence-corrected chi connectivity index (χ4v) is 1.21. The van der Waals surface area contributed by atoms with E-state index in [4.69, 9.17) is 0 Å². The SMILES string of the molecule is CC.Cc1ncc([N+](=O)[O-])n1C(C)C. The summed E-state index contributed by atoms with van der Waals surface area (Å²) in [5.74, 6) is 0.735. The third kappa shape index (κ3) is 2.55. The quantitative estimate of drug-likeness (QED) is 0.543. The molecule has 0 aliphatic carbocycles. The summed E-state index contributed by atoms with van der Waals surface area (Å²) in [6.45, 7) is 9.54. The highest BCUT2D eigenvalue weighted by atomic mass is 16.6. The van der Waals surface area contributed by atoms with Gasteiger partial charge in [0, 0.05) is 6.92 Å². The molecule has 1 heterocycles. The van der Waals surface area contributed by atoms with Crippen molar-refractivity contribution in [3.05, 3.63) is 22.1 Å². The van der Waals surface area contributed by atoms with E-state index in [1.165, 1.54) is 6.20 Å². The van der Waals surface area contributed by atoms with Crippen LogP contribution in [0.15, 0.2) is 6.20 Å². The Kier molecular flexibility index (Phi) is 4.83. The van der Waals surface area contributed by atoms with E-state index in [2.05, 4.69) is 4.98 Å². The summed E-state index contributed by atoms with van der Waals surface area (Å²) >= 11 is 0. The van der Waals surface area contributed by atoms with Gasteiger partial charge < -0.3 is 10.1 Å². The number of hydrogen-bond donors (Lipinski definition) is 0. The van der Waals surface area contributed by atoms with Gasteiger partial charge in [-0.1, -0.05) is 13.8 Å².